The SMILES string of the molecule is O=C(Cl)CC(C(=O)Cl)C(CC(=O)Cl)C(=O)Cl. The van der Waals surface area contributed by atoms with Gasteiger partial charge in [-0.25, -0.2) is 0 Å². The van der Waals surface area contributed by atoms with E-state index >= 15 is 0 Å². The second-order valence-corrected chi connectivity index (χ2v) is 4.53. The maximum absolute atomic E-state index is 11.0. The number of halogens is 4. The minimum absolute atomic E-state index is 0.475. The van der Waals surface area contributed by atoms with Gasteiger partial charge in [-0.3, -0.25) is 19.2 Å². The number of hydrogen-bond acceptors (Lipinski definition) is 4. The molecular weight excluding hydrogens is 302 g/mol. The number of rotatable bonds is 7. The summed E-state index contributed by atoms with van der Waals surface area (Å²) in [6, 6.07) is 0. The van der Waals surface area contributed by atoms with Gasteiger partial charge >= 0.3 is 0 Å². The summed E-state index contributed by atoms with van der Waals surface area (Å²) in [7, 11) is 0. The number of carbonyl (C=O) groups excluding carboxylic acids is 4. The van der Waals surface area contributed by atoms with Crippen molar-refractivity contribution < 1.29 is 19.2 Å². The number of carbonyl (C=O) groups is 4. The Bertz CT molecular complexity index is 296. The number of hydrogen-bond donors (Lipinski definition) is 0. The summed E-state index contributed by atoms with van der Waals surface area (Å²) in [5, 5.41) is -3.65. The first kappa shape index (κ1) is 15.8. The molecule has 0 saturated heterocycles. The molecule has 0 aliphatic carbocycles. The third-order valence-corrected chi connectivity index (χ3v) is 2.70. The van der Waals surface area contributed by atoms with Gasteiger partial charge in [-0.1, -0.05) is 0 Å². The van der Waals surface area contributed by atoms with Crippen molar-refractivity contribution >= 4 is 67.4 Å². The first-order chi connectivity index (χ1) is 7.25. The van der Waals surface area contributed by atoms with Crippen molar-refractivity contribution in [2.45, 2.75) is 12.8 Å². The molecular formula is C8H6Cl4O4. The molecule has 0 rings (SSSR count). The van der Waals surface area contributed by atoms with Crippen LogP contribution in [0.3, 0.4) is 0 Å². The van der Waals surface area contributed by atoms with E-state index < -0.39 is 45.6 Å². The molecule has 0 aliphatic heterocycles. The molecule has 0 amide bonds. The zero-order valence-electron chi connectivity index (χ0n) is 7.71. The van der Waals surface area contributed by atoms with Crippen LogP contribution in [0.5, 0.6) is 0 Å². The minimum atomic E-state index is -1.24. The standard InChI is InChI=1S/C8H6Cl4O4/c9-5(13)1-3(7(11)15)4(8(12)16)2-6(10)14/h3-4H,1-2H2. The van der Waals surface area contributed by atoms with Gasteiger partial charge < -0.3 is 0 Å². The molecule has 4 nitrogen and oxygen atoms in total. The van der Waals surface area contributed by atoms with Crippen LogP contribution >= 0.6 is 46.4 Å². The lowest BCUT2D eigenvalue weighted by Gasteiger charge is -2.17. The van der Waals surface area contributed by atoms with Crippen molar-refractivity contribution in [1.29, 1.82) is 0 Å². The van der Waals surface area contributed by atoms with Crippen LogP contribution in [0.15, 0.2) is 0 Å². The van der Waals surface area contributed by atoms with Gasteiger partial charge in [0.25, 0.3) is 0 Å². The molecule has 0 bridgehead atoms. The summed E-state index contributed by atoms with van der Waals surface area (Å²) < 4.78 is 0. The average molecular weight is 308 g/mol. The molecule has 8 heteroatoms. The van der Waals surface area contributed by atoms with Crippen molar-refractivity contribution in [1.82, 2.24) is 0 Å². The molecule has 0 aliphatic rings. The highest BCUT2D eigenvalue weighted by molar-refractivity contribution is 6.69. The first-order valence-electron chi connectivity index (χ1n) is 4.01. The van der Waals surface area contributed by atoms with Crippen LogP contribution < -0.4 is 0 Å². The topological polar surface area (TPSA) is 68.3 Å². The molecule has 0 saturated carbocycles. The molecule has 2 atom stereocenters. The molecule has 2 unspecified atom stereocenters. The van der Waals surface area contributed by atoms with E-state index in [1.807, 2.05) is 0 Å². The van der Waals surface area contributed by atoms with Crippen molar-refractivity contribution in [2.24, 2.45) is 11.8 Å². The molecule has 0 aromatic heterocycles. The highest BCUT2D eigenvalue weighted by Crippen LogP contribution is 2.26. The minimum Gasteiger partial charge on any atom is -0.281 e. The van der Waals surface area contributed by atoms with Crippen molar-refractivity contribution in [3.8, 4) is 0 Å². The quantitative estimate of drug-likeness (QED) is 0.675. The molecule has 0 aromatic rings. The normalized spacial score (nSPS) is 14.0. The summed E-state index contributed by atoms with van der Waals surface area (Å²) in [5.74, 6) is -2.47. The molecule has 16 heavy (non-hydrogen) atoms. The largest absolute Gasteiger partial charge is 0.281 e. The molecule has 0 radical (unpaired) electrons. The molecule has 0 aromatic carbocycles. The highest BCUT2D eigenvalue weighted by Gasteiger charge is 2.34. The highest BCUT2D eigenvalue weighted by atomic mass is 35.5. The van der Waals surface area contributed by atoms with E-state index in [2.05, 4.69) is 0 Å². The zero-order chi connectivity index (χ0) is 12.9. The van der Waals surface area contributed by atoms with Gasteiger partial charge in [-0.2, -0.15) is 0 Å². The van der Waals surface area contributed by atoms with Gasteiger partial charge in [-0.15, -0.1) is 0 Å². The smallest absolute Gasteiger partial charge is 0.225 e. The van der Waals surface area contributed by atoms with Crippen LogP contribution in [-0.2, 0) is 19.2 Å². The first-order valence-corrected chi connectivity index (χ1v) is 5.52. The van der Waals surface area contributed by atoms with E-state index in [4.69, 9.17) is 46.4 Å². The lowest BCUT2D eigenvalue weighted by atomic mass is 9.89. The van der Waals surface area contributed by atoms with E-state index in [1.165, 1.54) is 0 Å². The molecule has 0 spiro atoms. The van der Waals surface area contributed by atoms with E-state index in [0.717, 1.165) is 0 Å². The summed E-state index contributed by atoms with van der Waals surface area (Å²) in [6.45, 7) is 0. The van der Waals surface area contributed by atoms with Crippen molar-refractivity contribution in [2.75, 3.05) is 0 Å². The summed E-state index contributed by atoms with van der Waals surface area (Å²) in [4.78, 5) is 43.3. The zero-order valence-corrected chi connectivity index (χ0v) is 10.7. The van der Waals surface area contributed by atoms with Gasteiger partial charge in [0.1, 0.15) is 0 Å². The molecule has 0 fully saturated rings. The maximum Gasteiger partial charge on any atom is 0.225 e. The van der Waals surface area contributed by atoms with E-state index in [-0.39, 0.29) is 0 Å². The van der Waals surface area contributed by atoms with Gasteiger partial charge in [0, 0.05) is 12.8 Å². The van der Waals surface area contributed by atoms with Crippen LogP contribution in [0, 0.1) is 11.8 Å². The van der Waals surface area contributed by atoms with Gasteiger partial charge in [0.05, 0.1) is 11.8 Å². The second kappa shape index (κ2) is 7.22. The maximum atomic E-state index is 11.0. The van der Waals surface area contributed by atoms with Gasteiger partial charge in [0.2, 0.25) is 21.0 Å². The summed E-state index contributed by atoms with van der Waals surface area (Å²) in [5.41, 5.74) is 0. The third-order valence-electron chi connectivity index (χ3n) is 1.83. The third kappa shape index (κ3) is 5.80. The lowest BCUT2D eigenvalue weighted by molar-refractivity contribution is -0.128. The van der Waals surface area contributed by atoms with Crippen LogP contribution in [0.1, 0.15) is 12.8 Å². The average Bonchev–Trinajstić information content (AvgIpc) is 2.09. The lowest BCUT2D eigenvalue weighted by Crippen LogP contribution is -2.28. The van der Waals surface area contributed by atoms with Gasteiger partial charge in [-0.05, 0) is 46.4 Å². The Hall–Kier alpha value is -0.160. The summed E-state index contributed by atoms with van der Waals surface area (Å²) >= 11 is 20.5. The Morgan fingerprint density at radius 1 is 0.688 bits per heavy atom. The van der Waals surface area contributed by atoms with Crippen LogP contribution in [0.2, 0.25) is 0 Å². The molecule has 0 heterocycles. The fourth-order valence-corrected chi connectivity index (χ4v) is 1.90. The van der Waals surface area contributed by atoms with E-state index in [0.29, 0.717) is 0 Å². The fraction of sp³-hybridized carbons (Fsp3) is 0.500. The van der Waals surface area contributed by atoms with Crippen LogP contribution in [0.4, 0.5) is 0 Å². The van der Waals surface area contributed by atoms with Crippen molar-refractivity contribution in [3.63, 3.8) is 0 Å². The second-order valence-electron chi connectivity index (χ2n) is 2.94. The Morgan fingerprint density at radius 3 is 1.06 bits per heavy atom. The Morgan fingerprint density at radius 2 is 0.938 bits per heavy atom. The molecule has 90 valence electrons. The van der Waals surface area contributed by atoms with Gasteiger partial charge in [0.15, 0.2) is 0 Å². The van der Waals surface area contributed by atoms with E-state index in [9.17, 15) is 19.2 Å². The predicted molar refractivity (Wildman–Crippen MR) is 59.7 cm³/mol. The summed E-state index contributed by atoms with van der Waals surface area (Å²) in [6.07, 6.45) is -0.950. The Kier molecular flexibility index (Phi) is 7.15. The Balaban J connectivity index is 4.93. The Labute approximate surface area is 111 Å². The van der Waals surface area contributed by atoms with E-state index in [1.54, 1.807) is 0 Å². The van der Waals surface area contributed by atoms with Crippen LogP contribution in [-0.4, -0.2) is 21.0 Å². The van der Waals surface area contributed by atoms with Crippen LogP contribution in [0.25, 0.3) is 0 Å². The monoisotopic (exact) mass is 306 g/mol. The van der Waals surface area contributed by atoms with Crippen molar-refractivity contribution in [3.05, 3.63) is 0 Å². The predicted octanol–water partition coefficient (Wildman–Crippen LogP) is 2.06. The molecule has 0 N–H and O–H groups in total. The fourth-order valence-electron chi connectivity index (χ4n) is 1.11.